The highest BCUT2D eigenvalue weighted by Crippen LogP contribution is 2.20. The zero-order chi connectivity index (χ0) is 18.6. The average Bonchev–Trinajstić information content (AvgIpc) is 2.46. The first-order chi connectivity index (χ1) is 10.5. The minimum absolute atomic E-state index is 0.802. The largest absolute Gasteiger partial charge is 0.741 e. The molecule has 11 heteroatoms. The molecule has 0 atom stereocenters. The molecule has 0 bridgehead atoms. The van der Waals surface area contributed by atoms with E-state index in [-0.39, 0.29) is 0 Å². The highest BCUT2D eigenvalue weighted by atomic mass is 32.2. The first-order valence-electron chi connectivity index (χ1n) is 6.89. The molecule has 6 nitrogen and oxygen atoms in total. The maximum Gasteiger partial charge on any atom is 0.485 e. The SMILES string of the molecule is CC[N+](CC)(CCCN=C=S)CCOC.O=S(=O)([O-])C(F)(F)F. The van der Waals surface area contributed by atoms with Crippen LogP contribution in [0.5, 0.6) is 0 Å². The molecule has 0 aliphatic rings. The Labute approximate surface area is 140 Å². The van der Waals surface area contributed by atoms with E-state index < -0.39 is 15.6 Å². The van der Waals surface area contributed by atoms with Gasteiger partial charge in [0.25, 0.3) is 0 Å². The lowest BCUT2D eigenvalue weighted by Gasteiger charge is -2.36. The summed E-state index contributed by atoms with van der Waals surface area (Å²) in [6, 6.07) is 0. The summed E-state index contributed by atoms with van der Waals surface area (Å²) in [5.74, 6) is 0. The number of ether oxygens (including phenoxy) is 1. The second kappa shape index (κ2) is 11.9. The van der Waals surface area contributed by atoms with E-state index in [1.54, 1.807) is 7.11 Å². The van der Waals surface area contributed by atoms with Crippen LogP contribution in [0.25, 0.3) is 0 Å². The number of nitrogens with zero attached hydrogens (tertiary/aromatic N) is 2. The number of rotatable bonds is 9. The number of aliphatic imine (C=N–C) groups is 1. The molecule has 138 valence electrons. The molecule has 23 heavy (non-hydrogen) atoms. The van der Waals surface area contributed by atoms with Gasteiger partial charge in [-0.2, -0.15) is 13.2 Å². The summed E-state index contributed by atoms with van der Waals surface area (Å²) in [6.45, 7) is 10.7. The first kappa shape index (κ1) is 24.7. The van der Waals surface area contributed by atoms with Gasteiger partial charge in [-0.05, 0) is 26.1 Å². The van der Waals surface area contributed by atoms with Crippen molar-refractivity contribution in [2.45, 2.75) is 25.8 Å². The molecule has 0 aliphatic heterocycles. The Morgan fingerprint density at radius 3 is 2.04 bits per heavy atom. The fourth-order valence-corrected chi connectivity index (χ4v) is 1.87. The summed E-state index contributed by atoms with van der Waals surface area (Å²) < 4.78 is 65.2. The third kappa shape index (κ3) is 11.6. The van der Waals surface area contributed by atoms with E-state index >= 15 is 0 Å². The van der Waals surface area contributed by atoms with Crippen molar-refractivity contribution in [1.29, 1.82) is 0 Å². The molecule has 0 aromatic heterocycles. The number of hydrogen-bond acceptors (Lipinski definition) is 6. The minimum atomic E-state index is -6.09. The van der Waals surface area contributed by atoms with Crippen molar-refractivity contribution in [3.05, 3.63) is 0 Å². The summed E-state index contributed by atoms with van der Waals surface area (Å²) in [5, 5.41) is 2.41. The van der Waals surface area contributed by atoms with Crippen LogP contribution in [0.2, 0.25) is 0 Å². The van der Waals surface area contributed by atoms with Gasteiger partial charge in [-0.1, -0.05) is 0 Å². The van der Waals surface area contributed by atoms with E-state index in [4.69, 9.17) is 17.7 Å². The van der Waals surface area contributed by atoms with Crippen molar-refractivity contribution < 1.29 is 35.4 Å². The molecule has 0 rings (SSSR count). The summed E-state index contributed by atoms with van der Waals surface area (Å²) in [6.07, 6.45) is 1.08. The summed E-state index contributed by atoms with van der Waals surface area (Å²) >= 11 is 4.54. The van der Waals surface area contributed by atoms with Gasteiger partial charge < -0.3 is 13.8 Å². The Balaban J connectivity index is 0. The van der Waals surface area contributed by atoms with Gasteiger partial charge in [0.1, 0.15) is 6.54 Å². The third-order valence-corrected chi connectivity index (χ3v) is 4.06. The van der Waals surface area contributed by atoms with Crippen molar-refractivity contribution in [3.63, 3.8) is 0 Å². The first-order valence-corrected chi connectivity index (χ1v) is 8.71. The van der Waals surface area contributed by atoms with E-state index in [9.17, 15) is 13.2 Å². The Morgan fingerprint density at radius 2 is 1.74 bits per heavy atom. The van der Waals surface area contributed by atoms with Gasteiger partial charge in [-0.25, -0.2) is 13.4 Å². The number of thiocarbonyl (C=S) groups is 1. The van der Waals surface area contributed by atoms with Gasteiger partial charge in [-0.15, -0.1) is 0 Å². The van der Waals surface area contributed by atoms with E-state index in [2.05, 4.69) is 36.2 Å². The van der Waals surface area contributed by atoms with Gasteiger partial charge >= 0.3 is 5.51 Å². The predicted octanol–water partition coefficient (Wildman–Crippen LogP) is 2.03. The quantitative estimate of drug-likeness (QED) is 0.153. The Bertz CT molecular complexity index is 459. The van der Waals surface area contributed by atoms with Crippen LogP contribution in [0.15, 0.2) is 4.99 Å². The number of quaternary nitrogens is 1. The molecule has 0 radical (unpaired) electrons. The van der Waals surface area contributed by atoms with Crippen LogP contribution in [-0.2, 0) is 14.9 Å². The molecule has 0 aromatic rings. The second-order valence-corrected chi connectivity index (χ2v) is 6.19. The van der Waals surface area contributed by atoms with Gasteiger partial charge in [0.2, 0.25) is 0 Å². The predicted molar refractivity (Wildman–Crippen MR) is 83.2 cm³/mol. The van der Waals surface area contributed by atoms with Crippen LogP contribution in [0.4, 0.5) is 13.2 Å². The van der Waals surface area contributed by atoms with Gasteiger partial charge in [0, 0.05) is 13.5 Å². The summed E-state index contributed by atoms with van der Waals surface area (Å²) in [7, 11) is -4.33. The molecule has 0 amide bonds. The Kier molecular flexibility index (Phi) is 12.7. The summed E-state index contributed by atoms with van der Waals surface area (Å²) in [4.78, 5) is 3.95. The molecule has 0 N–H and O–H groups in total. The topological polar surface area (TPSA) is 78.8 Å². The maximum absolute atomic E-state index is 10.7. The van der Waals surface area contributed by atoms with E-state index in [0.717, 1.165) is 50.2 Å². The monoisotopic (exact) mass is 380 g/mol. The highest BCUT2D eigenvalue weighted by molar-refractivity contribution is 7.86. The van der Waals surface area contributed by atoms with Gasteiger partial charge in [0.05, 0.1) is 37.9 Å². The van der Waals surface area contributed by atoms with Crippen molar-refractivity contribution in [2.24, 2.45) is 4.99 Å². The van der Waals surface area contributed by atoms with Crippen LogP contribution < -0.4 is 0 Å². The van der Waals surface area contributed by atoms with Gasteiger partial charge in [-0.3, -0.25) is 0 Å². The normalized spacial score (nSPS) is 12.1. The zero-order valence-corrected chi connectivity index (χ0v) is 15.1. The maximum atomic E-state index is 10.7. The number of halogens is 3. The third-order valence-electron chi connectivity index (χ3n) is 3.36. The Hall–Kier alpha value is -0.580. The van der Waals surface area contributed by atoms with Crippen LogP contribution in [-0.4, -0.2) is 74.6 Å². The average molecular weight is 380 g/mol. The molecule has 0 fully saturated rings. The van der Waals surface area contributed by atoms with E-state index in [1.165, 1.54) is 0 Å². The molecule has 0 aromatic carbocycles. The highest BCUT2D eigenvalue weighted by Gasteiger charge is 2.36. The molecule has 0 unspecified atom stereocenters. The standard InChI is InChI=1S/C11H23N2OS.CHF3O3S/c1-4-13(5-2,9-10-14-3)8-6-7-12-11-15;2-1(3,4)8(5,6)7/h4-10H2,1-3H3;(H,5,6,7)/q+1;/p-1. The number of isothiocyanates is 1. The molecule has 0 aliphatic carbocycles. The van der Waals surface area contributed by atoms with E-state index in [0.29, 0.717) is 0 Å². The lowest BCUT2D eigenvalue weighted by molar-refractivity contribution is -0.925. The number of methoxy groups -OCH3 is 1. The smallest absolute Gasteiger partial charge is 0.485 e. The fraction of sp³-hybridized carbons (Fsp3) is 0.917. The van der Waals surface area contributed by atoms with Crippen LogP contribution in [0, 0.1) is 0 Å². The molecule has 0 heterocycles. The number of alkyl halides is 3. The molecular weight excluding hydrogens is 357 g/mol. The van der Waals surface area contributed by atoms with Crippen molar-refractivity contribution in [3.8, 4) is 0 Å². The number of likely N-dealkylation sites (N-methyl/N-ethyl adjacent to an activating group) is 1. The van der Waals surface area contributed by atoms with Crippen LogP contribution in [0.1, 0.15) is 20.3 Å². The Morgan fingerprint density at radius 1 is 1.26 bits per heavy atom. The molecule has 0 saturated carbocycles. The van der Waals surface area contributed by atoms with Gasteiger partial charge in [0.15, 0.2) is 10.1 Å². The summed E-state index contributed by atoms with van der Waals surface area (Å²) in [5.41, 5.74) is -5.65. The molecule has 0 spiro atoms. The lowest BCUT2D eigenvalue weighted by Crippen LogP contribution is -2.50. The van der Waals surface area contributed by atoms with Crippen molar-refractivity contribution >= 4 is 27.5 Å². The second-order valence-electron chi connectivity index (χ2n) is 4.64. The van der Waals surface area contributed by atoms with E-state index in [1.807, 2.05) is 0 Å². The minimum Gasteiger partial charge on any atom is -0.741 e. The molecule has 0 saturated heterocycles. The fourth-order valence-electron chi connectivity index (χ4n) is 1.78. The lowest BCUT2D eigenvalue weighted by atomic mass is 10.3. The van der Waals surface area contributed by atoms with Crippen molar-refractivity contribution in [1.82, 2.24) is 0 Å². The number of hydrogen-bond donors (Lipinski definition) is 0. The van der Waals surface area contributed by atoms with Crippen LogP contribution >= 0.6 is 12.2 Å². The van der Waals surface area contributed by atoms with Crippen molar-refractivity contribution in [2.75, 3.05) is 46.4 Å². The van der Waals surface area contributed by atoms with Crippen LogP contribution in [0.3, 0.4) is 0 Å². The molecular formula is C12H23F3N2O4S2. The zero-order valence-electron chi connectivity index (χ0n) is 13.4.